The Morgan fingerprint density at radius 1 is 1.10 bits per heavy atom. The van der Waals surface area contributed by atoms with Crippen LogP contribution >= 0.6 is 11.8 Å². The highest BCUT2D eigenvalue weighted by atomic mass is 32.2. The summed E-state index contributed by atoms with van der Waals surface area (Å²) in [5.74, 6) is -0.425. The SMILES string of the molecule is CSc1ccc(-c2c(NS(=O)(=O)c3ccccc3)nn(CCCO)c2C(F)(F)F)cc1. The number of halogens is 3. The van der Waals surface area contributed by atoms with Gasteiger partial charge in [0.25, 0.3) is 10.0 Å². The standard InChI is InChI=1S/C20H20F3N3O3S2/c1-30-15-10-8-14(9-11-15)17-18(20(21,22)23)26(12-5-13-27)24-19(17)25-31(28,29)16-6-3-2-4-7-16/h2-4,6-11,27H,5,12-13H2,1H3,(H,24,25). The molecule has 31 heavy (non-hydrogen) atoms. The predicted molar refractivity (Wildman–Crippen MR) is 113 cm³/mol. The van der Waals surface area contributed by atoms with Gasteiger partial charge in [-0.3, -0.25) is 9.40 Å². The molecular formula is C20H20F3N3O3S2. The number of benzene rings is 2. The van der Waals surface area contributed by atoms with Gasteiger partial charge in [0.2, 0.25) is 0 Å². The van der Waals surface area contributed by atoms with Crippen molar-refractivity contribution in [2.75, 3.05) is 17.6 Å². The second-order valence-corrected chi connectivity index (χ2v) is 9.08. The van der Waals surface area contributed by atoms with E-state index in [0.717, 1.165) is 4.90 Å². The van der Waals surface area contributed by atoms with Crippen molar-refractivity contribution in [2.45, 2.75) is 28.9 Å². The Morgan fingerprint density at radius 2 is 1.74 bits per heavy atom. The lowest BCUT2D eigenvalue weighted by atomic mass is 10.1. The van der Waals surface area contributed by atoms with Gasteiger partial charge in [-0.05, 0) is 42.5 Å². The average molecular weight is 472 g/mol. The first-order valence-corrected chi connectivity index (χ1v) is 11.9. The van der Waals surface area contributed by atoms with E-state index in [4.69, 9.17) is 5.11 Å². The number of aromatic nitrogens is 2. The molecule has 166 valence electrons. The van der Waals surface area contributed by atoms with Gasteiger partial charge in [0, 0.05) is 18.0 Å². The van der Waals surface area contributed by atoms with Crippen molar-refractivity contribution in [3.63, 3.8) is 0 Å². The third-order valence-corrected chi connectivity index (χ3v) is 6.51. The van der Waals surface area contributed by atoms with Crippen molar-refractivity contribution in [3.8, 4) is 11.1 Å². The van der Waals surface area contributed by atoms with Gasteiger partial charge in [0.05, 0.1) is 10.5 Å². The number of sulfonamides is 1. The van der Waals surface area contributed by atoms with Crippen LogP contribution in [-0.2, 0) is 22.7 Å². The van der Waals surface area contributed by atoms with Gasteiger partial charge in [-0.1, -0.05) is 30.3 Å². The van der Waals surface area contributed by atoms with Gasteiger partial charge in [-0.15, -0.1) is 11.8 Å². The highest BCUT2D eigenvalue weighted by molar-refractivity contribution is 7.98. The van der Waals surface area contributed by atoms with E-state index >= 15 is 0 Å². The zero-order valence-electron chi connectivity index (χ0n) is 16.4. The zero-order chi connectivity index (χ0) is 22.6. The summed E-state index contributed by atoms with van der Waals surface area (Å²) in [6.07, 6.45) is -2.94. The molecule has 1 heterocycles. The molecule has 0 amide bonds. The van der Waals surface area contributed by atoms with E-state index in [0.29, 0.717) is 4.68 Å². The number of nitrogens with zero attached hydrogens (tertiary/aromatic N) is 2. The molecular weight excluding hydrogens is 451 g/mol. The molecule has 1 aromatic heterocycles. The molecule has 0 saturated carbocycles. The number of anilines is 1. The minimum atomic E-state index is -4.80. The number of nitrogens with one attached hydrogen (secondary N) is 1. The molecule has 3 rings (SSSR count). The van der Waals surface area contributed by atoms with Crippen LogP contribution in [0.1, 0.15) is 12.1 Å². The number of aliphatic hydroxyl groups excluding tert-OH is 1. The Kier molecular flexibility index (Phi) is 6.97. The molecule has 0 fully saturated rings. The molecule has 0 atom stereocenters. The second-order valence-electron chi connectivity index (χ2n) is 6.52. The van der Waals surface area contributed by atoms with E-state index in [1.54, 1.807) is 18.2 Å². The minimum Gasteiger partial charge on any atom is -0.396 e. The van der Waals surface area contributed by atoms with Gasteiger partial charge in [-0.25, -0.2) is 8.42 Å². The summed E-state index contributed by atoms with van der Waals surface area (Å²) in [7, 11) is -4.17. The van der Waals surface area contributed by atoms with E-state index in [2.05, 4.69) is 9.82 Å². The summed E-state index contributed by atoms with van der Waals surface area (Å²) in [5.41, 5.74) is -1.27. The Balaban J connectivity index is 2.20. The number of thioether (sulfide) groups is 1. The largest absolute Gasteiger partial charge is 0.433 e. The van der Waals surface area contributed by atoms with Crippen molar-refractivity contribution in [1.82, 2.24) is 9.78 Å². The van der Waals surface area contributed by atoms with Crippen molar-refractivity contribution in [2.24, 2.45) is 0 Å². The van der Waals surface area contributed by atoms with Gasteiger partial charge < -0.3 is 5.11 Å². The van der Waals surface area contributed by atoms with Gasteiger partial charge in [-0.2, -0.15) is 18.3 Å². The van der Waals surface area contributed by atoms with Crippen molar-refractivity contribution in [3.05, 3.63) is 60.3 Å². The van der Waals surface area contributed by atoms with Crippen LogP contribution in [-0.4, -0.2) is 36.2 Å². The summed E-state index contributed by atoms with van der Waals surface area (Å²) >= 11 is 1.43. The summed E-state index contributed by atoms with van der Waals surface area (Å²) < 4.78 is 70.6. The smallest absolute Gasteiger partial charge is 0.396 e. The van der Waals surface area contributed by atoms with E-state index < -0.39 is 27.7 Å². The van der Waals surface area contributed by atoms with Crippen molar-refractivity contribution in [1.29, 1.82) is 0 Å². The highest BCUT2D eigenvalue weighted by Crippen LogP contribution is 2.42. The maximum atomic E-state index is 14.0. The van der Waals surface area contributed by atoms with Crippen LogP contribution in [0, 0.1) is 0 Å². The van der Waals surface area contributed by atoms with Crippen LogP contribution in [0.5, 0.6) is 0 Å². The van der Waals surface area contributed by atoms with Gasteiger partial charge in [0.1, 0.15) is 0 Å². The Bertz CT molecular complexity index is 1130. The Morgan fingerprint density at radius 3 is 2.29 bits per heavy atom. The number of rotatable bonds is 8. The van der Waals surface area contributed by atoms with Gasteiger partial charge in [0.15, 0.2) is 11.5 Å². The Hall–Kier alpha value is -2.50. The first-order valence-electron chi connectivity index (χ1n) is 9.18. The molecule has 2 N–H and O–H groups in total. The number of hydrogen-bond donors (Lipinski definition) is 2. The summed E-state index contributed by atoms with van der Waals surface area (Å²) in [6.45, 7) is -0.561. The molecule has 2 aromatic carbocycles. The summed E-state index contributed by atoms with van der Waals surface area (Å²) in [6, 6.07) is 13.6. The van der Waals surface area contributed by atoms with Crippen LogP contribution in [0.2, 0.25) is 0 Å². The lowest BCUT2D eigenvalue weighted by molar-refractivity contribution is -0.143. The van der Waals surface area contributed by atoms with Crippen LogP contribution < -0.4 is 4.72 Å². The van der Waals surface area contributed by atoms with E-state index in [-0.39, 0.29) is 35.6 Å². The fourth-order valence-corrected chi connectivity index (χ4v) is 4.46. The molecule has 3 aromatic rings. The van der Waals surface area contributed by atoms with Gasteiger partial charge >= 0.3 is 6.18 Å². The number of alkyl halides is 3. The molecule has 0 saturated heterocycles. The maximum absolute atomic E-state index is 14.0. The van der Waals surface area contributed by atoms with Crippen molar-refractivity contribution < 1.29 is 26.7 Å². The van der Waals surface area contributed by atoms with Crippen LogP contribution in [0.3, 0.4) is 0 Å². The normalized spacial score (nSPS) is 12.2. The van der Waals surface area contributed by atoms with Crippen LogP contribution in [0.15, 0.2) is 64.4 Å². The lowest BCUT2D eigenvalue weighted by Gasteiger charge is -2.13. The second kappa shape index (κ2) is 9.33. The quantitative estimate of drug-likeness (QED) is 0.474. The summed E-state index contributed by atoms with van der Waals surface area (Å²) in [5, 5.41) is 13.0. The first kappa shape index (κ1) is 23.2. The highest BCUT2D eigenvalue weighted by Gasteiger charge is 2.41. The van der Waals surface area contributed by atoms with Crippen LogP contribution in [0.4, 0.5) is 19.0 Å². The third kappa shape index (κ3) is 5.23. The molecule has 6 nitrogen and oxygen atoms in total. The third-order valence-electron chi connectivity index (χ3n) is 4.41. The molecule has 0 aliphatic heterocycles. The monoisotopic (exact) mass is 471 g/mol. The average Bonchev–Trinajstić information content (AvgIpc) is 3.10. The molecule has 11 heteroatoms. The first-order chi connectivity index (χ1) is 14.7. The lowest BCUT2D eigenvalue weighted by Crippen LogP contribution is -2.16. The molecule has 0 unspecified atom stereocenters. The van der Waals surface area contributed by atoms with E-state index in [9.17, 15) is 21.6 Å². The molecule has 0 bridgehead atoms. The minimum absolute atomic E-state index is 0.0283. The summed E-state index contributed by atoms with van der Waals surface area (Å²) in [4.78, 5) is 0.744. The van der Waals surface area contributed by atoms with Crippen LogP contribution in [0.25, 0.3) is 11.1 Å². The predicted octanol–water partition coefficient (Wildman–Crippen LogP) is 4.47. The van der Waals surface area contributed by atoms with E-state index in [1.165, 1.54) is 48.2 Å². The molecule has 0 radical (unpaired) electrons. The Labute approximate surface area is 182 Å². The number of hydrogen-bond acceptors (Lipinski definition) is 5. The fourth-order valence-electron chi connectivity index (χ4n) is 3.02. The topological polar surface area (TPSA) is 84.2 Å². The zero-order valence-corrected chi connectivity index (χ0v) is 18.1. The number of aryl methyl sites for hydroxylation is 1. The van der Waals surface area contributed by atoms with Crippen molar-refractivity contribution >= 4 is 27.6 Å². The number of aliphatic hydroxyl groups is 1. The molecule has 0 aliphatic carbocycles. The van der Waals surface area contributed by atoms with E-state index in [1.807, 2.05) is 6.26 Å². The molecule has 0 aliphatic rings. The fraction of sp³-hybridized carbons (Fsp3) is 0.250. The molecule has 0 spiro atoms. The maximum Gasteiger partial charge on any atom is 0.433 e.